The predicted octanol–water partition coefficient (Wildman–Crippen LogP) is 4.00. The number of nitrogens with one attached hydrogen (secondary N) is 1. The maximum Gasteiger partial charge on any atom is 0.338 e. The Kier molecular flexibility index (Phi) is 6.79. The van der Waals surface area contributed by atoms with Crippen molar-refractivity contribution in [2.75, 3.05) is 18.9 Å². The Hall–Kier alpha value is -2.97. The zero-order valence-corrected chi connectivity index (χ0v) is 17.5. The van der Waals surface area contributed by atoms with E-state index in [2.05, 4.69) is 5.32 Å². The Labute approximate surface area is 177 Å². The third kappa shape index (κ3) is 4.90. The van der Waals surface area contributed by atoms with Crippen molar-refractivity contribution in [2.45, 2.75) is 13.3 Å². The smallest absolute Gasteiger partial charge is 0.338 e. The van der Waals surface area contributed by atoms with Crippen LogP contribution in [-0.4, -0.2) is 29.6 Å². The number of hydrogen-bond donors (Lipinski definition) is 2. The minimum Gasteiger partial charge on any atom is -0.462 e. The molecule has 0 saturated heterocycles. The van der Waals surface area contributed by atoms with Gasteiger partial charge in [0.2, 0.25) is 0 Å². The van der Waals surface area contributed by atoms with Crippen molar-refractivity contribution in [3.8, 4) is 5.69 Å². The first kappa shape index (κ1) is 20.8. The number of carbonyl (C=O) groups is 2. The topological polar surface area (TPSA) is 86.3 Å². The molecule has 2 aromatic carbocycles. The number of aromatic nitrogens is 1. The number of nitrogens with zero attached hydrogens (tertiary/aromatic N) is 1. The van der Waals surface area contributed by atoms with Gasteiger partial charge in [0.25, 0.3) is 5.91 Å². The monoisotopic (exact) mass is 427 g/mol. The molecule has 3 N–H and O–H groups in total. The molecule has 0 aliphatic carbocycles. The minimum absolute atomic E-state index is 0.253. The lowest BCUT2D eigenvalue weighted by atomic mass is 10.1. The standard InChI is InChI=1S/C21H21N3O3S2/c1-2-27-20(26)15-8-10-16(11-9-15)24-18(22)17(29-21(24)28)19(25)23-13-12-14-6-4-3-5-7-14/h3-11H,2,12-13,22H2,1H3,(H,23,25). The third-order valence-electron chi connectivity index (χ3n) is 4.23. The summed E-state index contributed by atoms with van der Waals surface area (Å²) in [5.41, 5.74) is 8.49. The summed E-state index contributed by atoms with van der Waals surface area (Å²) in [5, 5.41) is 2.89. The van der Waals surface area contributed by atoms with Gasteiger partial charge in [-0.05, 0) is 55.4 Å². The highest BCUT2D eigenvalue weighted by Crippen LogP contribution is 2.26. The van der Waals surface area contributed by atoms with E-state index in [1.54, 1.807) is 35.8 Å². The van der Waals surface area contributed by atoms with Crippen molar-refractivity contribution in [1.29, 1.82) is 0 Å². The number of hydrogen-bond acceptors (Lipinski definition) is 6. The van der Waals surface area contributed by atoms with Crippen LogP contribution in [0.1, 0.15) is 32.5 Å². The van der Waals surface area contributed by atoms with Crippen molar-refractivity contribution in [1.82, 2.24) is 9.88 Å². The molecule has 0 unspecified atom stereocenters. The van der Waals surface area contributed by atoms with Crippen molar-refractivity contribution >= 4 is 41.2 Å². The number of amides is 1. The summed E-state index contributed by atoms with van der Waals surface area (Å²) in [5.74, 6) is -0.364. The normalized spacial score (nSPS) is 10.5. The van der Waals surface area contributed by atoms with Crippen molar-refractivity contribution in [3.05, 3.63) is 74.6 Å². The fraction of sp³-hybridized carbons (Fsp3) is 0.190. The average Bonchev–Trinajstić information content (AvgIpc) is 3.03. The molecule has 6 nitrogen and oxygen atoms in total. The Morgan fingerprint density at radius 3 is 2.48 bits per heavy atom. The zero-order valence-electron chi connectivity index (χ0n) is 15.9. The summed E-state index contributed by atoms with van der Waals surface area (Å²) in [6, 6.07) is 16.7. The van der Waals surface area contributed by atoms with E-state index in [0.29, 0.717) is 33.2 Å². The molecule has 1 heterocycles. The van der Waals surface area contributed by atoms with Crippen LogP contribution in [-0.2, 0) is 11.2 Å². The van der Waals surface area contributed by atoms with Gasteiger partial charge in [-0.15, -0.1) is 0 Å². The third-order valence-corrected chi connectivity index (χ3v) is 5.62. The molecule has 0 aliphatic heterocycles. The van der Waals surface area contributed by atoms with Gasteiger partial charge in [-0.2, -0.15) is 0 Å². The quantitative estimate of drug-likeness (QED) is 0.440. The van der Waals surface area contributed by atoms with E-state index in [1.807, 2.05) is 30.3 Å². The highest BCUT2D eigenvalue weighted by molar-refractivity contribution is 7.73. The second-order valence-corrected chi connectivity index (χ2v) is 7.82. The molecule has 0 saturated carbocycles. The fourth-order valence-corrected chi connectivity index (χ4v) is 4.08. The Morgan fingerprint density at radius 1 is 1.14 bits per heavy atom. The number of rotatable bonds is 7. The second kappa shape index (κ2) is 9.49. The highest BCUT2D eigenvalue weighted by atomic mass is 32.1. The molecule has 0 aliphatic rings. The number of ether oxygens (including phenoxy) is 1. The number of esters is 1. The molecule has 0 spiro atoms. The molecule has 3 aromatic rings. The molecule has 150 valence electrons. The Morgan fingerprint density at radius 2 is 1.83 bits per heavy atom. The lowest BCUT2D eigenvalue weighted by Crippen LogP contribution is -2.25. The summed E-state index contributed by atoms with van der Waals surface area (Å²) in [4.78, 5) is 24.7. The molecular weight excluding hydrogens is 406 g/mol. The predicted molar refractivity (Wildman–Crippen MR) is 117 cm³/mol. The lowest BCUT2D eigenvalue weighted by Gasteiger charge is -2.08. The molecule has 0 atom stereocenters. The van der Waals surface area contributed by atoms with Crippen LogP contribution in [0.25, 0.3) is 5.69 Å². The van der Waals surface area contributed by atoms with Gasteiger partial charge in [0.05, 0.1) is 12.2 Å². The zero-order chi connectivity index (χ0) is 20.8. The number of benzene rings is 2. The number of nitrogens with two attached hydrogens (primary N) is 1. The van der Waals surface area contributed by atoms with Crippen LogP contribution in [0.15, 0.2) is 54.6 Å². The average molecular weight is 428 g/mol. The highest BCUT2D eigenvalue weighted by Gasteiger charge is 2.18. The molecule has 1 amide bonds. The lowest BCUT2D eigenvalue weighted by molar-refractivity contribution is 0.0526. The van der Waals surface area contributed by atoms with Gasteiger partial charge < -0.3 is 15.8 Å². The van der Waals surface area contributed by atoms with E-state index in [0.717, 1.165) is 23.3 Å². The van der Waals surface area contributed by atoms with Crippen molar-refractivity contribution < 1.29 is 14.3 Å². The fourth-order valence-electron chi connectivity index (χ4n) is 2.80. The van der Waals surface area contributed by atoms with E-state index in [9.17, 15) is 9.59 Å². The molecule has 0 radical (unpaired) electrons. The summed E-state index contributed by atoms with van der Waals surface area (Å²) in [7, 11) is 0. The number of thiazole rings is 1. The summed E-state index contributed by atoms with van der Waals surface area (Å²) in [6.07, 6.45) is 0.730. The minimum atomic E-state index is -0.389. The van der Waals surface area contributed by atoms with Crippen LogP contribution in [0.5, 0.6) is 0 Å². The molecule has 0 fully saturated rings. The van der Waals surface area contributed by atoms with Crippen LogP contribution in [0, 0.1) is 3.95 Å². The Bertz CT molecular complexity index is 1060. The first-order chi connectivity index (χ1) is 14.0. The van der Waals surface area contributed by atoms with Crippen molar-refractivity contribution in [3.63, 3.8) is 0 Å². The number of anilines is 1. The van der Waals surface area contributed by atoms with Crippen LogP contribution < -0.4 is 11.1 Å². The van der Waals surface area contributed by atoms with Crippen LogP contribution in [0.4, 0.5) is 5.82 Å². The number of carbonyl (C=O) groups excluding carboxylic acids is 2. The van der Waals surface area contributed by atoms with Gasteiger partial charge >= 0.3 is 5.97 Å². The second-order valence-electron chi connectivity index (χ2n) is 6.18. The maximum atomic E-state index is 12.6. The van der Waals surface area contributed by atoms with E-state index in [-0.39, 0.29) is 17.7 Å². The van der Waals surface area contributed by atoms with Crippen LogP contribution in [0.3, 0.4) is 0 Å². The molecule has 1 aromatic heterocycles. The van der Waals surface area contributed by atoms with E-state index in [1.165, 1.54) is 0 Å². The SMILES string of the molecule is CCOC(=O)c1ccc(-n2c(N)c(C(=O)NCCc3ccccc3)sc2=S)cc1. The molecular formula is C21H21N3O3S2. The van der Waals surface area contributed by atoms with Gasteiger partial charge in [0, 0.05) is 12.2 Å². The largest absolute Gasteiger partial charge is 0.462 e. The molecule has 0 bridgehead atoms. The van der Waals surface area contributed by atoms with Gasteiger partial charge in [0.15, 0.2) is 3.95 Å². The molecule has 3 rings (SSSR count). The van der Waals surface area contributed by atoms with Gasteiger partial charge in [-0.3, -0.25) is 9.36 Å². The first-order valence-electron chi connectivity index (χ1n) is 9.12. The molecule has 8 heteroatoms. The Balaban J connectivity index is 1.73. The van der Waals surface area contributed by atoms with E-state index in [4.69, 9.17) is 22.7 Å². The van der Waals surface area contributed by atoms with Gasteiger partial charge in [-0.25, -0.2) is 4.79 Å². The first-order valence-corrected chi connectivity index (χ1v) is 10.3. The van der Waals surface area contributed by atoms with Gasteiger partial charge in [-0.1, -0.05) is 41.7 Å². The number of nitrogen functional groups attached to an aromatic ring is 1. The van der Waals surface area contributed by atoms with Gasteiger partial charge in [0.1, 0.15) is 10.7 Å². The summed E-state index contributed by atoms with van der Waals surface area (Å²) >= 11 is 6.56. The summed E-state index contributed by atoms with van der Waals surface area (Å²) < 4.78 is 7.07. The molecule has 29 heavy (non-hydrogen) atoms. The summed E-state index contributed by atoms with van der Waals surface area (Å²) in [6.45, 7) is 2.57. The maximum absolute atomic E-state index is 12.6. The van der Waals surface area contributed by atoms with Crippen LogP contribution >= 0.6 is 23.6 Å². The van der Waals surface area contributed by atoms with Crippen molar-refractivity contribution in [2.24, 2.45) is 0 Å². The van der Waals surface area contributed by atoms with Crippen LogP contribution in [0.2, 0.25) is 0 Å². The van der Waals surface area contributed by atoms with E-state index < -0.39 is 0 Å². The van der Waals surface area contributed by atoms with E-state index >= 15 is 0 Å².